The summed E-state index contributed by atoms with van der Waals surface area (Å²) in [7, 11) is 0. The third kappa shape index (κ3) is 4.13. The van der Waals surface area contributed by atoms with Crippen molar-refractivity contribution >= 4 is 33.3 Å². The van der Waals surface area contributed by atoms with E-state index in [1.54, 1.807) is 19.9 Å². The molecule has 0 aliphatic carbocycles. The molecule has 0 radical (unpaired) electrons. The lowest BCUT2D eigenvalue weighted by Crippen LogP contribution is -2.25. The highest BCUT2D eigenvalue weighted by atomic mass is 79.9. The molecule has 0 spiro atoms. The Balaban J connectivity index is 2.06. The monoisotopic (exact) mass is 384 g/mol. The van der Waals surface area contributed by atoms with Gasteiger partial charge in [-0.15, -0.1) is 0 Å². The van der Waals surface area contributed by atoms with Crippen LogP contribution in [0.25, 0.3) is 0 Å². The van der Waals surface area contributed by atoms with Crippen molar-refractivity contribution in [3.8, 4) is 0 Å². The van der Waals surface area contributed by atoms with Gasteiger partial charge in [0, 0.05) is 4.47 Å². The summed E-state index contributed by atoms with van der Waals surface area (Å²) in [5.74, 6) is -1.76. The highest BCUT2D eigenvalue weighted by Gasteiger charge is 2.21. The van der Waals surface area contributed by atoms with Crippen LogP contribution >= 0.6 is 15.9 Å². The van der Waals surface area contributed by atoms with Crippen molar-refractivity contribution in [2.24, 2.45) is 5.92 Å². The smallest absolute Gasteiger partial charge is 0.358 e. The number of nitrogens with one attached hydrogen (secondary N) is 1. The van der Waals surface area contributed by atoms with Gasteiger partial charge in [0.05, 0.1) is 35.0 Å². The maximum atomic E-state index is 13.7. The van der Waals surface area contributed by atoms with Gasteiger partial charge in [0.1, 0.15) is 5.82 Å². The molecule has 1 N–H and O–H groups in total. The first-order valence-corrected chi connectivity index (χ1v) is 7.52. The van der Waals surface area contributed by atoms with Crippen LogP contribution < -0.4 is 5.32 Å². The molecule has 23 heavy (non-hydrogen) atoms. The number of halogens is 2. The summed E-state index contributed by atoms with van der Waals surface area (Å²) in [5.41, 5.74) is 0.652. The zero-order valence-corrected chi connectivity index (χ0v) is 14.0. The largest absolute Gasteiger partial charge is 0.390 e. The Morgan fingerprint density at radius 3 is 2.78 bits per heavy atom. The molecule has 1 amide bonds. The second-order valence-electron chi connectivity index (χ2n) is 5.10. The highest BCUT2D eigenvalue weighted by Crippen LogP contribution is 2.20. The lowest BCUT2D eigenvalue weighted by molar-refractivity contribution is -0.389. The van der Waals surface area contributed by atoms with E-state index in [9.17, 15) is 19.3 Å². The minimum absolute atomic E-state index is 0.0771. The van der Waals surface area contributed by atoms with Crippen LogP contribution in [0.2, 0.25) is 0 Å². The van der Waals surface area contributed by atoms with E-state index in [4.69, 9.17) is 0 Å². The van der Waals surface area contributed by atoms with Crippen molar-refractivity contribution < 1.29 is 14.1 Å². The SMILES string of the molecule is Cc1cc([N+](=O)[O-])nn1C[C@@H](C)C(=O)Nc1ccc(Br)cc1F. The first kappa shape index (κ1) is 17.1. The molecule has 0 fully saturated rings. The molecule has 9 heteroatoms. The van der Waals surface area contributed by atoms with E-state index in [-0.39, 0.29) is 18.1 Å². The second-order valence-corrected chi connectivity index (χ2v) is 6.01. The first-order valence-electron chi connectivity index (χ1n) is 6.72. The van der Waals surface area contributed by atoms with Crippen molar-refractivity contribution in [1.82, 2.24) is 9.78 Å². The standard InChI is InChI=1S/C14H14BrFN4O3/c1-8(7-19-9(2)5-13(18-19)20(22)23)14(21)17-12-4-3-10(15)6-11(12)16/h3-6,8H,7H2,1-2H3,(H,17,21)/t8-/m1/s1. The van der Waals surface area contributed by atoms with Crippen LogP contribution in [0.3, 0.4) is 0 Å². The second kappa shape index (κ2) is 6.86. The van der Waals surface area contributed by atoms with Gasteiger partial charge in [-0.2, -0.15) is 4.68 Å². The molecule has 0 saturated carbocycles. The molecule has 1 atom stereocenters. The molecule has 2 rings (SSSR count). The van der Waals surface area contributed by atoms with Gasteiger partial charge < -0.3 is 15.4 Å². The first-order chi connectivity index (χ1) is 10.8. The van der Waals surface area contributed by atoms with Gasteiger partial charge in [0.15, 0.2) is 0 Å². The summed E-state index contributed by atoms with van der Waals surface area (Å²) in [4.78, 5) is 22.2. The topological polar surface area (TPSA) is 90.1 Å². The normalized spacial score (nSPS) is 12.0. The molecule has 1 heterocycles. The number of rotatable bonds is 5. The lowest BCUT2D eigenvalue weighted by atomic mass is 10.1. The highest BCUT2D eigenvalue weighted by molar-refractivity contribution is 9.10. The average Bonchev–Trinajstić information content (AvgIpc) is 2.83. The Kier molecular flexibility index (Phi) is 5.09. The molecular weight excluding hydrogens is 371 g/mol. The molecule has 0 aliphatic rings. The summed E-state index contributed by atoms with van der Waals surface area (Å²) in [6.45, 7) is 3.46. The minimum atomic E-state index is -0.592. The van der Waals surface area contributed by atoms with Crippen molar-refractivity contribution in [3.05, 3.63) is 50.4 Å². The quantitative estimate of drug-likeness (QED) is 0.632. The Morgan fingerprint density at radius 1 is 1.52 bits per heavy atom. The van der Waals surface area contributed by atoms with Gasteiger partial charge in [0.25, 0.3) is 0 Å². The number of nitrogens with zero attached hydrogens (tertiary/aromatic N) is 3. The van der Waals surface area contributed by atoms with Crippen LogP contribution in [-0.4, -0.2) is 20.6 Å². The summed E-state index contributed by atoms with van der Waals surface area (Å²) in [6, 6.07) is 5.65. The predicted molar refractivity (Wildman–Crippen MR) is 85.5 cm³/mol. The minimum Gasteiger partial charge on any atom is -0.358 e. The summed E-state index contributed by atoms with van der Waals surface area (Å²) in [6.07, 6.45) is 0. The van der Waals surface area contributed by atoms with Crippen LogP contribution in [0, 0.1) is 28.8 Å². The molecule has 0 bridgehead atoms. The van der Waals surface area contributed by atoms with Crippen molar-refractivity contribution in [2.75, 3.05) is 5.32 Å². The van der Waals surface area contributed by atoms with Gasteiger partial charge in [-0.05, 0) is 30.0 Å². The van der Waals surface area contributed by atoms with Gasteiger partial charge in [-0.1, -0.05) is 22.9 Å². The number of hydrogen-bond donors (Lipinski definition) is 1. The summed E-state index contributed by atoms with van der Waals surface area (Å²) in [5, 5.41) is 17.0. The van der Waals surface area contributed by atoms with E-state index in [1.807, 2.05) is 0 Å². The van der Waals surface area contributed by atoms with Gasteiger partial charge in [-0.25, -0.2) is 4.39 Å². The van der Waals surface area contributed by atoms with Gasteiger partial charge in [-0.3, -0.25) is 4.79 Å². The van der Waals surface area contributed by atoms with Crippen molar-refractivity contribution in [3.63, 3.8) is 0 Å². The number of aryl methyl sites for hydroxylation is 1. The van der Waals surface area contributed by atoms with Crippen LogP contribution in [0.5, 0.6) is 0 Å². The van der Waals surface area contributed by atoms with Gasteiger partial charge in [0.2, 0.25) is 5.91 Å². The average molecular weight is 385 g/mol. The van der Waals surface area contributed by atoms with Crippen molar-refractivity contribution in [2.45, 2.75) is 20.4 Å². The number of amides is 1. The van der Waals surface area contributed by atoms with E-state index in [0.29, 0.717) is 10.2 Å². The fourth-order valence-corrected chi connectivity index (χ4v) is 2.29. The number of benzene rings is 1. The predicted octanol–water partition coefficient (Wildman–Crippen LogP) is 3.28. The van der Waals surface area contributed by atoms with E-state index in [2.05, 4.69) is 26.3 Å². The molecule has 0 aliphatic heterocycles. The van der Waals surface area contributed by atoms with Crippen LogP contribution in [0.4, 0.5) is 15.9 Å². The Labute approximate surface area is 139 Å². The number of anilines is 1. The Morgan fingerprint density at radius 2 is 2.22 bits per heavy atom. The maximum Gasteiger partial charge on any atom is 0.390 e. The van der Waals surface area contributed by atoms with Crippen LogP contribution in [0.15, 0.2) is 28.7 Å². The maximum absolute atomic E-state index is 13.7. The Hall–Kier alpha value is -2.29. The molecular formula is C14H14BrFN4O3. The molecule has 0 saturated heterocycles. The number of nitro groups is 1. The number of aromatic nitrogens is 2. The molecule has 7 nitrogen and oxygen atoms in total. The molecule has 1 aromatic carbocycles. The van der Waals surface area contributed by atoms with E-state index in [1.165, 1.54) is 22.9 Å². The zero-order chi connectivity index (χ0) is 17.1. The third-order valence-corrected chi connectivity index (χ3v) is 3.73. The lowest BCUT2D eigenvalue weighted by Gasteiger charge is -2.12. The molecule has 2 aromatic rings. The summed E-state index contributed by atoms with van der Waals surface area (Å²) < 4.78 is 15.7. The summed E-state index contributed by atoms with van der Waals surface area (Å²) >= 11 is 3.14. The number of carbonyl (C=O) groups excluding carboxylic acids is 1. The molecule has 1 aromatic heterocycles. The van der Waals surface area contributed by atoms with Gasteiger partial charge >= 0.3 is 5.82 Å². The van der Waals surface area contributed by atoms with Crippen LogP contribution in [-0.2, 0) is 11.3 Å². The van der Waals surface area contributed by atoms with Crippen molar-refractivity contribution in [1.29, 1.82) is 0 Å². The van der Waals surface area contributed by atoms with Crippen LogP contribution in [0.1, 0.15) is 12.6 Å². The number of hydrogen-bond acceptors (Lipinski definition) is 4. The third-order valence-electron chi connectivity index (χ3n) is 3.24. The fraction of sp³-hybridized carbons (Fsp3) is 0.286. The van der Waals surface area contributed by atoms with E-state index >= 15 is 0 Å². The molecule has 0 unspecified atom stereocenters. The fourth-order valence-electron chi connectivity index (χ4n) is 1.96. The number of carbonyl (C=O) groups is 1. The zero-order valence-electron chi connectivity index (χ0n) is 12.4. The van der Waals surface area contributed by atoms with E-state index < -0.39 is 22.6 Å². The Bertz CT molecular complexity index is 762. The van der Waals surface area contributed by atoms with E-state index in [0.717, 1.165) is 0 Å². The molecule has 122 valence electrons.